The standard InChI is InChI=1S/C22H28ClN5O/c1-27-11-8-15(9-12-27)21(29)28-10-3-2-7-19(28)20-18(14-25-22(24)26-20)16-5-4-6-17(23)13-16/h4-6,13-15,19H,2-3,7-12H2,1H3,(H2,24,25,26)/t19-/m1/s1. The number of hydrogen-bond donors (Lipinski definition) is 1. The number of halogens is 1. The zero-order valence-corrected chi connectivity index (χ0v) is 17.6. The van der Waals surface area contributed by atoms with E-state index >= 15 is 0 Å². The molecule has 2 N–H and O–H groups in total. The van der Waals surface area contributed by atoms with Crippen LogP contribution in [-0.4, -0.2) is 52.4 Å². The average molecular weight is 414 g/mol. The summed E-state index contributed by atoms with van der Waals surface area (Å²) in [4.78, 5) is 26.6. The Balaban J connectivity index is 1.68. The molecule has 3 heterocycles. The lowest BCUT2D eigenvalue weighted by atomic mass is 9.90. The van der Waals surface area contributed by atoms with Crippen LogP contribution in [0.5, 0.6) is 0 Å². The van der Waals surface area contributed by atoms with Crippen LogP contribution in [0, 0.1) is 5.92 Å². The molecule has 2 aliphatic heterocycles. The number of carbonyl (C=O) groups excluding carboxylic acids is 1. The van der Waals surface area contributed by atoms with Crippen LogP contribution in [0.1, 0.15) is 43.8 Å². The van der Waals surface area contributed by atoms with Crippen molar-refractivity contribution in [3.63, 3.8) is 0 Å². The van der Waals surface area contributed by atoms with E-state index in [0.29, 0.717) is 5.02 Å². The van der Waals surface area contributed by atoms with E-state index in [0.717, 1.165) is 68.6 Å². The summed E-state index contributed by atoms with van der Waals surface area (Å²) in [6.45, 7) is 2.72. The van der Waals surface area contributed by atoms with Crippen LogP contribution in [0.4, 0.5) is 5.95 Å². The van der Waals surface area contributed by atoms with Gasteiger partial charge in [-0.1, -0.05) is 23.7 Å². The van der Waals surface area contributed by atoms with Crippen molar-refractivity contribution < 1.29 is 4.79 Å². The molecular formula is C22H28ClN5O. The van der Waals surface area contributed by atoms with Crippen LogP contribution in [0.25, 0.3) is 11.1 Å². The van der Waals surface area contributed by atoms with Gasteiger partial charge in [-0.3, -0.25) is 4.79 Å². The number of hydrogen-bond acceptors (Lipinski definition) is 5. The van der Waals surface area contributed by atoms with Crippen LogP contribution in [0.2, 0.25) is 5.02 Å². The molecule has 0 aliphatic carbocycles. The number of amides is 1. The van der Waals surface area contributed by atoms with Gasteiger partial charge < -0.3 is 15.5 Å². The zero-order valence-electron chi connectivity index (χ0n) is 16.9. The van der Waals surface area contributed by atoms with Crippen molar-refractivity contribution in [3.8, 4) is 11.1 Å². The predicted molar refractivity (Wildman–Crippen MR) is 115 cm³/mol. The summed E-state index contributed by atoms with van der Waals surface area (Å²) >= 11 is 6.22. The Morgan fingerprint density at radius 1 is 1.17 bits per heavy atom. The molecule has 0 radical (unpaired) electrons. The summed E-state index contributed by atoms with van der Waals surface area (Å²) in [5.74, 6) is 0.598. The normalized spacial score (nSPS) is 21.3. The number of rotatable bonds is 3. The first-order chi connectivity index (χ1) is 14.0. The molecule has 1 atom stereocenters. The summed E-state index contributed by atoms with van der Waals surface area (Å²) in [5.41, 5.74) is 8.65. The van der Waals surface area contributed by atoms with Crippen LogP contribution in [0.3, 0.4) is 0 Å². The molecule has 1 aromatic heterocycles. The lowest BCUT2D eigenvalue weighted by molar-refractivity contribution is -0.141. The van der Waals surface area contributed by atoms with E-state index in [-0.39, 0.29) is 23.8 Å². The zero-order chi connectivity index (χ0) is 20.4. The molecule has 29 heavy (non-hydrogen) atoms. The Hall–Kier alpha value is -2.18. The van der Waals surface area contributed by atoms with Crippen LogP contribution in [-0.2, 0) is 4.79 Å². The highest BCUT2D eigenvalue weighted by Gasteiger charge is 2.35. The monoisotopic (exact) mass is 413 g/mol. The molecule has 0 unspecified atom stereocenters. The summed E-state index contributed by atoms with van der Waals surface area (Å²) in [7, 11) is 2.12. The van der Waals surface area contributed by atoms with E-state index in [4.69, 9.17) is 17.3 Å². The van der Waals surface area contributed by atoms with Gasteiger partial charge in [0.15, 0.2) is 0 Å². The Kier molecular flexibility index (Phi) is 6.01. The molecule has 4 rings (SSSR count). The van der Waals surface area contributed by atoms with Gasteiger partial charge in [0, 0.05) is 29.2 Å². The molecule has 7 heteroatoms. The second-order valence-electron chi connectivity index (χ2n) is 8.16. The maximum absolute atomic E-state index is 13.4. The van der Waals surface area contributed by atoms with E-state index < -0.39 is 0 Å². The number of likely N-dealkylation sites (tertiary alicyclic amines) is 2. The van der Waals surface area contributed by atoms with Gasteiger partial charge >= 0.3 is 0 Å². The highest BCUT2D eigenvalue weighted by Crippen LogP contribution is 2.38. The number of piperidine rings is 2. The fraction of sp³-hybridized carbons (Fsp3) is 0.500. The van der Waals surface area contributed by atoms with Gasteiger partial charge in [-0.25, -0.2) is 9.97 Å². The van der Waals surface area contributed by atoms with Crippen molar-refractivity contribution in [2.45, 2.75) is 38.1 Å². The molecule has 0 saturated carbocycles. The lowest BCUT2D eigenvalue weighted by Crippen LogP contribution is -2.45. The Bertz CT molecular complexity index is 881. The summed E-state index contributed by atoms with van der Waals surface area (Å²) in [6, 6.07) is 7.59. The van der Waals surface area contributed by atoms with E-state index in [1.807, 2.05) is 24.3 Å². The van der Waals surface area contributed by atoms with Crippen molar-refractivity contribution in [2.24, 2.45) is 5.92 Å². The van der Waals surface area contributed by atoms with Gasteiger partial charge in [0.05, 0.1) is 11.7 Å². The quantitative estimate of drug-likeness (QED) is 0.828. The molecule has 154 valence electrons. The second kappa shape index (κ2) is 8.67. The van der Waals surface area contributed by atoms with Crippen LogP contribution < -0.4 is 5.73 Å². The van der Waals surface area contributed by atoms with E-state index in [2.05, 4.69) is 26.8 Å². The number of carbonyl (C=O) groups is 1. The topological polar surface area (TPSA) is 75.4 Å². The summed E-state index contributed by atoms with van der Waals surface area (Å²) in [6.07, 6.45) is 6.60. The largest absolute Gasteiger partial charge is 0.368 e. The molecule has 2 saturated heterocycles. The third-order valence-corrected chi connectivity index (χ3v) is 6.38. The second-order valence-corrected chi connectivity index (χ2v) is 8.59. The van der Waals surface area contributed by atoms with Gasteiger partial charge in [0.1, 0.15) is 0 Å². The number of aromatic nitrogens is 2. The van der Waals surface area contributed by atoms with Gasteiger partial charge in [0.2, 0.25) is 11.9 Å². The fourth-order valence-electron chi connectivity index (χ4n) is 4.51. The number of anilines is 1. The first-order valence-electron chi connectivity index (χ1n) is 10.4. The molecule has 0 spiro atoms. The molecular weight excluding hydrogens is 386 g/mol. The molecule has 6 nitrogen and oxygen atoms in total. The van der Waals surface area contributed by atoms with Crippen molar-refractivity contribution in [2.75, 3.05) is 32.4 Å². The van der Waals surface area contributed by atoms with Gasteiger partial charge in [-0.05, 0) is 69.9 Å². The maximum Gasteiger partial charge on any atom is 0.226 e. The highest BCUT2D eigenvalue weighted by atomic mass is 35.5. The van der Waals surface area contributed by atoms with E-state index in [1.165, 1.54) is 0 Å². The summed E-state index contributed by atoms with van der Waals surface area (Å²) in [5, 5.41) is 0.660. The third-order valence-electron chi connectivity index (χ3n) is 6.14. The molecule has 0 bridgehead atoms. The van der Waals surface area contributed by atoms with Crippen molar-refractivity contribution >= 4 is 23.5 Å². The number of nitrogens with zero attached hydrogens (tertiary/aromatic N) is 4. The lowest BCUT2D eigenvalue weighted by Gasteiger charge is -2.39. The minimum absolute atomic E-state index is 0.0739. The summed E-state index contributed by atoms with van der Waals surface area (Å²) < 4.78 is 0. The van der Waals surface area contributed by atoms with Crippen LogP contribution >= 0.6 is 11.6 Å². The Morgan fingerprint density at radius 3 is 2.72 bits per heavy atom. The number of nitrogen functional groups attached to an aromatic ring is 1. The van der Waals surface area contributed by atoms with Gasteiger partial charge in [-0.15, -0.1) is 0 Å². The smallest absolute Gasteiger partial charge is 0.226 e. The number of nitrogens with two attached hydrogens (primary N) is 1. The minimum Gasteiger partial charge on any atom is -0.368 e. The average Bonchev–Trinajstić information content (AvgIpc) is 2.74. The van der Waals surface area contributed by atoms with Crippen molar-refractivity contribution in [3.05, 3.63) is 41.2 Å². The van der Waals surface area contributed by atoms with Crippen molar-refractivity contribution in [1.82, 2.24) is 19.8 Å². The fourth-order valence-corrected chi connectivity index (χ4v) is 4.70. The van der Waals surface area contributed by atoms with E-state index in [9.17, 15) is 4.79 Å². The number of benzene rings is 1. The molecule has 2 aliphatic rings. The van der Waals surface area contributed by atoms with Crippen LogP contribution in [0.15, 0.2) is 30.5 Å². The predicted octanol–water partition coefficient (Wildman–Crippen LogP) is 3.77. The first kappa shape index (κ1) is 20.1. The van der Waals surface area contributed by atoms with Gasteiger partial charge in [-0.2, -0.15) is 0 Å². The molecule has 1 amide bonds. The maximum atomic E-state index is 13.4. The Morgan fingerprint density at radius 2 is 1.97 bits per heavy atom. The Labute approximate surface area is 177 Å². The molecule has 2 fully saturated rings. The van der Waals surface area contributed by atoms with Gasteiger partial charge in [0.25, 0.3) is 0 Å². The SMILES string of the molecule is CN1CCC(C(=O)N2CCCC[C@@H]2c2nc(N)ncc2-c2cccc(Cl)c2)CC1. The highest BCUT2D eigenvalue weighted by molar-refractivity contribution is 6.30. The molecule has 1 aromatic carbocycles. The first-order valence-corrected chi connectivity index (χ1v) is 10.8. The minimum atomic E-state index is -0.0739. The van der Waals surface area contributed by atoms with E-state index in [1.54, 1.807) is 6.20 Å². The van der Waals surface area contributed by atoms with Crippen molar-refractivity contribution in [1.29, 1.82) is 0 Å². The molecule has 2 aromatic rings. The third kappa shape index (κ3) is 4.38.